The standard InChI is InChI=1S/C16H17N3O3S/c1-8-11(4)23-16(17-8)18-15(20)14-6-5-12(21-14)7-13-9(2)19-22-10(13)3/h5-6H,7H2,1-4H3,(H,17,18,20). The van der Waals surface area contributed by atoms with E-state index >= 15 is 0 Å². The number of nitrogens with one attached hydrogen (secondary N) is 1. The number of anilines is 1. The summed E-state index contributed by atoms with van der Waals surface area (Å²) in [5.41, 5.74) is 2.74. The Morgan fingerprint density at radius 2 is 2.00 bits per heavy atom. The SMILES string of the molecule is Cc1nc(NC(=O)c2ccc(Cc3c(C)noc3C)o2)sc1C. The summed E-state index contributed by atoms with van der Waals surface area (Å²) < 4.78 is 10.8. The van der Waals surface area contributed by atoms with E-state index in [9.17, 15) is 4.79 Å². The summed E-state index contributed by atoms with van der Waals surface area (Å²) in [6, 6.07) is 3.45. The van der Waals surface area contributed by atoms with Crippen LogP contribution < -0.4 is 5.32 Å². The third-order valence-corrected chi connectivity index (χ3v) is 4.65. The number of carbonyl (C=O) groups excluding carboxylic acids is 1. The van der Waals surface area contributed by atoms with E-state index in [2.05, 4.69) is 15.5 Å². The van der Waals surface area contributed by atoms with Gasteiger partial charge in [-0.3, -0.25) is 10.1 Å². The normalized spacial score (nSPS) is 11.0. The highest BCUT2D eigenvalue weighted by molar-refractivity contribution is 7.15. The van der Waals surface area contributed by atoms with Gasteiger partial charge in [0.15, 0.2) is 10.9 Å². The molecule has 0 aliphatic carbocycles. The molecular formula is C16H17N3O3S. The molecule has 0 aliphatic heterocycles. The van der Waals surface area contributed by atoms with Crippen LogP contribution in [-0.2, 0) is 6.42 Å². The van der Waals surface area contributed by atoms with Crippen LogP contribution in [0.2, 0.25) is 0 Å². The number of hydrogen-bond acceptors (Lipinski definition) is 6. The van der Waals surface area contributed by atoms with Crippen LogP contribution in [0.25, 0.3) is 0 Å². The molecule has 0 bridgehead atoms. The first-order valence-corrected chi connectivity index (χ1v) is 8.01. The maximum absolute atomic E-state index is 12.2. The van der Waals surface area contributed by atoms with Gasteiger partial charge >= 0.3 is 0 Å². The summed E-state index contributed by atoms with van der Waals surface area (Å²) in [7, 11) is 0. The molecule has 3 rings (SSSR count). The zero-order valence-corrected chi connectivity index (χ0v) is 14.2. The predicted molar refractivity (Wildman–Crippen MR) is 87.0 cm³/mol. The molecule has 3 aromatic rings. The summed E-state index contributed by atoms with van der Waals surface area (Å²) in [4.78, 5) is 17.6. The number of amides is 1. The Kier molecular flexibility index (Phi) is 4.04. The predicted octanol–water partition coefficient (Wildman–Crippen LogP) is 3.80. The summed E-state index contributed by atoms with van der Waals surface area (Å²) in [5.74, 6) is 1.41. The monoisotopic (exact) mass is 331 g/mol. The van der Waals surface area contributed by atoms with Crippen LogP contribution in [0.15, 0.2) is 21.1 Å². The first-order chi connectivity index (χ1) is 10.9. The number of thiazole rings is 1. The van der Waals surface area contributed by atoms with Crippen LogP contribution in [0.4, 0.5) is 5.13 Å². The lowest BCUT2D eigenvalue weighted by Gasteiger charge is -1.99. The van der Waals surface area contributed by atoms with E-state index in [1.54, 1.807) is 12.1 Å². The Morgan fingerprint density at radius 1 is 1.22 bits per heavy atom. The highest BCUT2D eigenvalue weighted by atomic mass is 32.1. The molecule has 0 aromatic carbocycles. The van der Waals surface area contributed by atoms with Gasteiger partial charge in [-0.05, 0) is 39.8 Å². The van der Waals surface area contributed by atoms with E-state index < -0.39 is 0 Å². The molecule has 0 aliphatic rings. The molecule has 3 heterocycles. The van der Waals surface area contributed by atoms with Gasteiger partial charge in [0.1, 0.15) is 11.5 Å². The van der Waals surface area contributed by atoms with E-state index in [4.69, 9.17) is 8.94 Å². The van der Waals surface area contributed by atoms with Crippen molar-refractivity contribution in [3.05, 3.63) is 51.2 Å². The maximum atomic E-state index is 12.2. The summed E-state index contributed by atoms with van der Waals surface area (Å²) >= 11 is 1.45. The maximum Gasteiger partial charge on any atom is 0.293 e. The molecule has 7 heteroatoms. The molecule has 0 unspecified atom stereocenters. The van der Waals surface area contributed by atoms with Crippen molar-refractivity contribution in [2.45, 2.75) is 34.1 Å². The Bertz CT molecular complexity index is 821. The van der Waals surface area contributed by atoms with Crippen molar-refractivity contribution in [1.29, 1.82) is 0 Å². The molecule has 23 heavy (non-hydrogen) atoms. The van der Waals surface area contributed by atoms with Crippen molar-refractivity contribution in [1.82, 2.24) is 10.1 Å². The van der Waals surface area contributed by atoms with Crippen molar-refractivity contribution in [2.24, 2.45) is 0 Å². The highest BCUT2D eigenvalue weighted by Crippen LogP contribution is 2.23. The fourth-order valence-corrected chi connectivity index (χ4v) is 3.02. The smallest absolute Gasteiger partial charge is 0.293 e. The third kappa shape index (κ3) is 3.19. The van der Waals surface area contributed by atoms with Gasteiger partial charge in [-0.1, -0.05) is 5.16 Å². The van der Waals surface area contributed by atoms with Gasteiger partial charge < -0.3 is 8.94 Å². The second-order valence-corrected chi connectivity index (χ2v) is 6.56. The van der Waals surface area contributed by atoms with Crippen LogP contribution in [0.3, 0.4) is 0 Å². The number of hydrogen-bond donors (Lipinski definition) is 1. The van der Waals surface area contributed by atoms with Crippen molar-refractivity contribution < 1.29 is 13.7 Å². The number of aromatic nitrogens is 2. The van der Waals surface area contributed by atoms with Gasteiger partial charge in [-0.25, -0.2) is 4.98 Å². The molecule has 3 aromatic heterocycles. The van der Waals surface area contributed by atoms with Crippen molar-refractivity contribution >= 4 is 22.4 Å². The van der Waals surface area contributed by atoms with E-state index in [-0.39, 0.29) is 11.7 Å². The average Bonchev–Trinajstić information content (AvgIpc) is 3.17. The second kappa shape index (κ2) is 6.00. The van der Waals surface area contributed by atoms with Crippen LogP contribution in [0.1, 0.15) is 43.9 Å². The minimum absolute atomic E-state index is 0.261. The topological polar surface area (TPSA) is 81.2 Å². The van der Waals surface area contributed by atoms with Crippen LogP contribution in [0.5, 0.6) is 0 Å². The largest absolute Gasteiger partial charge is 0.456 e. The van der Waals surface area contributed by atoms with Crippen molar-refractivity contribution in [2.75, 3.05) is 5.32 Å². The molecule has 1 N–H and O–H groups in total. The molecular weight excluding hydrogens is 314 g/mol. The van der Waals surface area contributed by atoms with Gasteiger partial charge in [0.2, 0.25) is 0 Å². The molecule has 120 valence electrons. The fraction of sp³-hybridized carbons (Fsp3) is 0.312. The number of aryl methyl sites for hydroxylation is 4. The van der Waals surface area contributed by atoms with Crippen LogP contribution in [-0.4, -0.2) is 16.0 Å². The summed E-state index contributed by atoms with van der Waals surface area (Å²) in [6.45, 7) is 7.63. The van der Waals surface area contributed by atoms with Gasteiger partial charge in [-0.2, -0.15) is 0 Å². The van der Waals surface area contributed by atoms with Gasteiger partial charge in [0.05, 0.1) is 11.4 Å². The van der Waals surface area contributed by atoms with Crippen molar-refractivity contribution in [3.63, 3.8) is 0 Å². The molecule has 0 radical (unpaired) electrons. The molecule has 6 nitrogen and oxygen atoms in total. The van der Waals surface area contributed by atoms with Crippen molar-refractivity contribution in [3.8, 4) is 0 Å². The summed E-state index contributed by atoms with van der Waals surface area (Å²) in [6.07, 6.45) is 0.546. The Balaban J connectivity index is 1.72. The van der Waals surface area contributed by atoms with E-state index in [0.717, 1.165) is 27.6 Å². The van der Waals surface area contributed by atoms with E-state index in [1.807, 2.05) is 27.7 Å². The average molecular weight is 331 g/mol. The number of rotatable bonds is 4. The minimum atomic E-state index is -0.302. The summed E-state index contributed by atoms with van der Waals surface area (Å²) in [5, 5.41) is 7.25. The first-order valence-electron chi connectivity index (χ1n) is 7.20. The molecule has 1 amide bonds. The Morgan fingerprint density at radius 3 is 2.61 bits per heavy atom. The lowest BCUT2D eigenvalue weighted by atomic mass is 10.1. The second-order valence-electron chi connectivity index (χ2n) is 5.36. The molecule has 0 atom stereocenters. The minimum Gasteiger partial charge on any atom is -0.456 e. The number of nitrogens with zero attached hydrogens (tertiary/aromatic N) is 2. The van der Waals surface area contributed by atoms with E-state index in [1.165, 1.54) is 11.3 Å². The van der Waals surface area contributed by atoms with E-state index in [0.29, 0.717) is 17.3 Å². The third-order valence-electron chi connectivity index (χ3n) is 3.67. The fourth-order valence-electron chi connectivity index (χ4n) is 2.21. The van der Waals surface area contributed by atoms with Crippen LogP contribution >= 0.6 is 11.3 Å². The lowest BCUT2D eigenvalue weighted by Crippen LogP contribution is -2.10. The van der Waals surface area contributed by atoms with Crippen LogP contribution in [0, 0.1) is 27.7 Å². The molecule has 0 saturated heterocycles. The van der Waals surface area contributed by atoms with Gasteiger partial charge in [-0.15, -0.1) is 11.3 Å². The molecule has 0 spiro atoms. The molecule has 0 fully saturated rings. The number of carbonyl (C=O) groups is 1. The van der Waals surface area contributed by atoms with Gasteiger partial charge in [0.25, 0.3) is 5.91 Å². The highest BCUT2D eigenvalue weighted by Gasteiger charge is 2.16. The Labute approximate surface area is 137 Å². The molecule has 0 saturated carbocycles. The lowest BCUT2D eigenvalue weighted by molar-refractivity contribution is 0.0995. The van der Waals surface area contributed by atoms with Gasteiger partial charge in [0, 0.05) is 16.9 Å². The first kappa shape index (κ1) is 15.5. The Hall–Kier alpha value is -2.41. The zero-order valence-electron chi connectivity index (χ0n) is 13.4. The zero-order chi connectivity index (χ0) is 16.6. The quantitative estimate of drug-likeness (QED) is 0.786. The number of furan rings is 1.